The first kappa shape index (κ1) is 18.3. The Balaban J connectivity index is 2.12. The molecule has 1 aromatic heterocycles. The summed E-state index contributed by atoms with van der Waals surface area (Å²) in [5.41, 5.74) is 2.37. The second-order valence-corrected chi connectivity index (χ2v) is 6.85. The Hall–Kier alpha value is -2.47. The van der Waals surface area contributed by atoms with Gasteiger partial charge >= 0.3 is 0 Å². The van der Waals surface area contributed by atoms with Crippen LogP contribution in [-0.2, 0) is 5.41 Å². The molecule has 6 heteroatoms. The number of imidazole rings is 1. The van der Waals surface area contributed by atoms with Crippen LogP contribution in [0.5, 0.6) is 11.5 Å². The number of hydrogen-bond donors (Lipinski definition) is 1. The van der Waals surface area contributed by atoms with Gasteiger partial charge in [0.1, 0.15) is 5.82 Å². The van der Waals surface area contributed by atoms with Crippen molar-refractivity contribution in [3.8, 4) is 17.2 Å². The lowest BCUT2D eigenvalue weighted by atomic mass is 9.81. The van der Waals surface area contributed by atoms with Gasteiger partial charge in [0.2, 0.25) is 0 Å². The van der Waals surface area contributed by atoms with Crippen LogP contribution in [0.15, 0.2) is 53.8 Å². The molecule has 0 unspecified atom stereocenters. The van der Waals surface area contributed by atoms with E-state index in [1.807, 2.05) is 22.8 Å². The molecule has 2 aromatic carbocycles. The van der Waals surface area contributed by atoms with Crippen LogP contribution in [0.25, 0.3) is 5.69 Å². The molecule has 3 rings (SSSR count). The highest BCUT2D eigenvalue weighted by Gasteiger charge is 2.29. The Labute approximate surface area is 158 Å². The molecule has 0 aliphatic rings. The summed E-state index contributed by atoms with van der Waals surface area (Å²) in [6.07, 6.45) is 1.79. The average molecular weight is 372 g/mol. The number of aromatic nitrogens is 2. The van der Waals surface area contributed by atoms with Gasteiger partial charge in [0.25, 0.3) is 0 Å². The van der Waals surface area contributed by atoms with Crippen LogP contribution >= 0.6 is 12.6 Å². The van der Waals surface area contributed by atoms with Gasteiger partial charge in [0.15, 0.2) is 16.7 Å². The van der Waals surface area contributed by atoms with Crippen molar-refractivity contribution in [3.05, 3.63) is 65.7 Å². The second-order valence-electron chi connectivity index (χ2n) is 6.45. The maximum atomic E-state index is 13.3. The van der Waals surface area contributed by atoms with E-state index in [9.17, 15) is 4.39 Å². The van der Waals surface area contributed by atoms with Crippen molar-refractivity contribution < 1.29 is 13.9 Å². The molecule has 0 spiro atoms. The molecule has 0 saturated heterocycles. The molecule has 3 aromatic rings. The third kappa shape index (κ3) is 3.17. The minimum atomic E-state index is -0.401. The second kappa shape index (κ2) is 7.03. The smallest absolute Gasteiger partial charge is 0.169 e. The van der Waals surface area contributed by atoms with Crippen molar-refractivity contribution in [1.29, 1.82) is 0 Å². The largest absolute Gasteiger partial charge is 0.493 e. The summed E-state index contributed by atoms with van der Waals surface area (Å²) in [7, 11) is 3.22. The lowest BCUT2D eigenvalue weighted by molar-refractivity contribution is 0.353. The first-order chi connectivity index (χ1) is 12.4. The normalized spacial score (nSPS) is 11.5. The number of hydrogen-bond acceptors (Lipinski definition) is 4. The average Bonchev–Trinajstić information content (AvgIpc) is 3.04. The summed E-state index contributed by atoms with van der Waals surface area (Å²) in [5, 5.41) is 0.542. The minimum Gasteiger partial charge on any atom is -0.493 e. The van der Waals surface area contributed by atoms with Crippen LogP contribution in [-0.4, -0.2) is 23.8 Å². The van der Waals surface area contributed by atoms with E-state index in [-0.39, 0.29) is 5.82 Å². The van der Waals surface area contributed by atoms with E-state index in [0.29, 0.717) is 16.7 Å². The first-order valence-electron chi connectivity index (χ1n) is 8.14. The van der Waals surface area contributed by atoms with Crippen LogP contribution in [0.4, 0.5) is 4.39 Å². The molecule has 0 radical (unpaired) electrons. The van der Waals surface area contributed by atoms with Crippen LogP contribution in [0.1, 0.15) is 25.1 Å². The number of nitrogens with zero attached hydrogens (tertiary/aromatic N) is 2. The zero-order valence-electron chi connectivity index (χ0n) is 15.2. The van der Waals surface area contributed by atoms with Gasteiger partial charge in [-0.2, -0.15) is 0 Å². The summed E-state index contributed by atoms with van der Waals surface area (Å²) in [6, 6.07) is 12.1. The molecule has 26 heavy (non-hydrogen) atoms. The van der Waals surface area contributed by atoms with E-state index < -0.39 is 5.41 Å². The predicted molar refractivity (Wildman–Crippen MR) is 102 cm³/mol. The molecule has 1 heterocycles. The SMILES string of the molecule is COc1ccc(C(C)(C)c2cnc(S)n2-c2ccc(F)cc2)cc1OC. The summed E-state index contributed by atoms with van der Waals surface area (Å²) in [6.45, 7) is 4.19. The van der Waals surface area contributed by atoms with Crippen LogP contribution in [0.2, 0.25) is 0 Å². The molecule has 0 fully saturated rings. The highest BCUT2D eigenvalue weighted by Crippen LogP contribution is 2.38. The molecule has 0 aliphatic heterocycles. The number of halogens is 1. The van der Waals surface area contributed by atoms with Gasteiger partial charge in [-0.05, 0) is 42.0 Å². The fourth-order valence-electron chi connectivity index (χ4n) is 3.00. The molecule has 0 atom stereocenters. The Morgan fingerprint density at radius 1 is 1.00 bits per heavy atom. The topological polar surface area (TPSA) is 36.3 Å². The maximum Gasteiger partial charge on any atom is 0.169 e. The van der Waals surface area contributed by atoms with Gasteiger partial charge in [-0.3, -0.25) is 4.57 Å². The predicted octanol–water partition coefficient (Wildman–Crippen LogP) is 4.64. The number of ether oxygens (including phenoxy) is 2. The van der Waals surface area contributed by atoms with Gasteiger partial charge < -0.3 is 9.47 Å². The molecule has 4 nitrogen and oxygen atoms in total. The summed E-state index contributed by atoms with van der Waals surface area (Å²) in [4.78, 5) is 4.36. The summed E-state index contributed by atoms with van der Waals surface area (Å²) in [5.74, 6) is 1.06. The van der Waals surface area contributed by atoms with Crippen molar-refractivity contribution in [1.82, 2.24) is 9.55 Å². The third-order valence-corrected chi connectivity index (χ3v) is 4.89. The molecule has 0 amide bonds. The molecule has 0 bridgehead atoms. The molecular weight excluding hydrogens is 351 g/mol. The van der Waals surface area contributed by atoms with Gasteiger partial charge in [-0.25, -0.2) is 9.37 Å². The van der Waals surface area contributed by atoms with Crippen LogP contribution in [0.3, 0.4) is 0 Å². The quantitative estimate of drug-likeness (QED) is 0.663. The lowest BCUT2D eigenvalue weighted by Crippen LogP contribution is -2.23. The molecule has 0 N–H and O–H groups in total. The minimum absolute atomic E-state index is 0.282. The van der Waals surface area contributed by atoms with E-state index in [1.54, 1.807) is 32.5 Å². The molecule has 0 saturated carbocycles. The van der Waals surface area contributed by atoms with Gasteiger partial charge in [-0.1, -0.05) is 19.9 Å². The number of rotatable bonds is 5. The van der Waals surface area contributed by atoms with Crippen LogP contribution in [0, 0.1) is 5.82 Å². The van der Waals surface area contributed by atoms with Crippen molar-refractivity contribution >= 4 is 12.6 Å². The summed E-state index contributed by atoms with van der Waals surface area (Å²) < 4.78 is 26.0. The van der Waals surface area contributed by atoms with Crippen molar-refractivity contribution in [3.63, 3.8) is 0 Å². The van der Waals surface area contributed by atoms with Crippen molar-refractivity contribution in [2.45, 2.75) is 24.4 Å². The first-order valence-corrected chi connectivity index (χ1v) is 8.59. The monoisotopic (exact) mass is 372 g/mol. The Bertz CT molecular complexity index is 920. The van der Waals surface area contributed by atoms with Crippen molar-refractivity contribution in [2.75, 3.05) is 14.2 Å². The fraction of sp³-hybridized carbons (Fsp3) is 0.250. The molecule has 0 aliphatic carbocycles. The zero-order valence-corrected chi connectivity index (χ0v) is 16.0. The van der Waals surface area contributed by atoms with Gasteiger partial charge in [0, 0.05) is 11.1 Å². The standard InChI is InChI=1S/C20H21FN2O2S/c1-20(2,13-5-10-16(24-3)17(11-13)25-4)18-12-22-19(26)23(18)15-8-6-14(21)7-9-15/h5-12H,1-4H3,(H,22,26). The fourth-order valence-corrected chi connectivity index (χ4v) is 3.28. The number of methoxy groups -OCH3 is 2. The third-order valence-electron chi connectivity index (χ3n) is 4.57. The van der Waals surface area contributed by atoms with E-state index >= 15 is 0 Å². The van der Waals surface area contributed by atoms with Crippen LogP contribution < -0.4 is 9.47 Å². The maximum absolute atomic E-state index is 13.3. The lowest BCUT2D eigenvalue weighted by Gasteiger charge is -2.28. The molecular formula is C20H21FN2O2S. The van der Waals surface area contributed by atoms with E-state index in [1.165, 1.54) is 12.1 Å². The van der Waals surface area contributed by atoms with Gasteiger partial charge in [0.05, 0.1) is 26.1 Å². The van der Waals surface area contributed by atoms with Gasteiger partial charge in [-0.15, -0.1) is 12.6 Å². The number of benzene rings is 2. The Kier molecular flexibility index (Phi) is 4.96. The van der Waals surface area contributed by atoms with Crippen molar-refractivity contribution in [2.24, 2.45) is 0 Å². The summed E-state index contributed by atoms with van der Waals surface area (Å²) >= 11 is 4.48. The van der Waals surface area contributed by atoms with E-state index in [4.69, 9.17) is 9.47 Å². The van der Waals surface area contributed by atoms with E-state index in [2.05, 4.69) is 31.5 Å². The Morgan fingerprint density at radius 3 is 2.27 bits per heavy atom. The number of thiol groups is 1. The molecule has 136 valence electrons. The Morgan fingerprint density at radius 2 is 1.65 bits per heavy atom. The highest BCUT2D eigenvalue weighted by atomic mass is 32.1. The van der Waals surface area contributed by atoms with E-state index in [0.717, 1.165) is 16.9 Å². The zero-order chi connectivity index (χ0) is 18.9. The highest BCUT2D eigenvalue weighted by molar-refractivity contribution is 7.80.